The summed E-state index contributed by atoms with van der Waals surface area (Å²) < 4.78 is 12.5. The first-order valence-corrected chi connectivity index (χ1v) is 15.7. The predicted molar refractivity (Wildman–Crippen MR) is 85.9 cm³/mol. The second kappa shape index (κ2) is 12.5. The molecule has 108 valence electrons. The average molecular weight is 361 g/mol. The van der Waals surface area contributed by atoms with Crippen LogP contribution in [-0.4, -0.2) is 31.6 Å². The summed E-state index contributed by atoms with van der Waals surface area (Å²) in [5, 5.41) is 0. The van der Waals surface area contributed by atoms with Crippen LogP contribution in [0.25, 0.3) is 0 Å². The molecule has 2 heteroatoms. The topological polar surface area (TPSA) is 9.23 Å². The number of unbranched alkanes of at least 4 members (excludes halogenated alkanes) is 3. The van der Waals surface area contributed by atoms with E-state index in [0.29, 0.717) is 0 Å². The van der Waals surface area contributed by atoms with Gasteiger partial charge in [0.25, 0.3) is 0 Å². The van der Waals surface area contributed by atoms with Crippen LogP contribution in [0.4, 0.5) is 0 Å². The van der Waals surface area contributed by atoms with Crippen LogP contribution in [0.3, 0.4) is 0 Å². The van der Waals surface area contributed by atoms with E-state index in [1.165, 1.54) is 51.8 Å². The molecule has 0 aromatic heterocycles. The molecule has 0 N–H and O–H groups in total. The molecule has 0 atom stereocenters. The van der Waals surface area contributed by atoms with E-state index < -0.39 is 18.4 Å². The molecule has 0 aromatic rings. The van der Waals surface area contributed by atoms with E-state index >= 15 is 0 Å². The zero-order chi connectivity index (χ0) is 13.7. The first-order chi connectivity index (χ1) is 8.74. The zero-order valence-electron chi connectivity index (χ0n) is 13.0. The second-order valence-electron chi connectivity index (χ2n) is 5.43. The molecule has 18 heavy (non-hydrogen) atoms. The van der Waals surface area contributed by atoms with E-state index in [1.54, 1.807) is 0 Å². The summed E-state index contributed by atoms with van der Waals surface area (Å²) in [6.45, 7) is 12.7. The summed E-state index contributed by atoms with van der Waals surface area (Å²) in [7, 11) is 0. The van der Waals surface area contributed by atoms with E-state index in [9.17, 15) is 0 Å². The zero-order valence-corrected chi connectivity index (χ0v) is 15.8. The summed E-state index contributed by atoms with van der Waals surface area (Å²) in [5.41, 5.74) is 0. The Hall–Kier alpha value is 0.499. The van der Waals surface area contributed by atoms with Crippen LogP contribution in [0, 0.1) is 0 Å². The molecule has 0 amide bonds. The van der Waals surface area contributed by atoms with Gasteiger partial charge in [-0.1, -0.05) is 0 Å². The van der Waals surface area contributed by atoms with Gasteiger partial charge in [-0.25, -0.2) is 0 Å². The van der Waals surface area contributed by atoms with Gasteiger partial charge in [-0.15, -0.1) is 0 Å². The van der Waals surface area contributed by atoms with Gasteiger partial charge < -0.3 is 0 Å². The van der Waals surface area contributed by atoms with E-state index in [4.69, 9.17) is 4.74 Å². The van der Waals surface area contributed by atoms with Gasteiger partial charge in [-0.2, -0.15) is 0 Å². The molecule has 0 saturated carbocycles. The Morgan fingerprint density at radius 2 is 1.44 bits per heavy atom. The van der Waals surface area contributed by atoms with Crippen molar-refractivity contribution in [2.24, 2.45) is 0 Å². The Morgan fingerprint density at radius 1 is 0.889 bits per heavy atom. The molecule has 0 aliphatic heterocycles. The first kappa shape index (κ1) is 18.5. The summed E-state index contributed by atoms with van der Waals surface area (Å²) >= 11 is -1.96. The molecule has 0 rings (SSSR count). The third kappa shape index (κ3) is 8.57. The van der Waals surface area contributed by atoms with Gasteiger partial charge in [-0.05, 0) is 0 Å². The fourth-order valence-electron chi connectivity index (χ4n) is 2.56. The quantitative estimate of drug-likeness (QED) is 0.308. The predicted octanol–water partition coefficient (Wildman–Crippen LogP) is 5.58. The van der Waals surface area contributed by atoms with Gasteiger partial charge in [0.15, 0.2) is 0 Å². The third-order valence-corrected chi connectivity index (χ3v) is 17.9. The van der Waals surface area contributed by atoms with Crippen molar-refractivity contribution in [2.75, 3.05) is 13.2 Å². The molecular formula is C16H34OSn. The van der Waals surface area contributed by atoms with E-state index in [1.807, 2.05) is 0 Å². The number of hydrogen-bond donors (Lipinski definition) is 0. The van der Waals surface area contributed by atoms with Crippen LogP contribution in [0.2, 0.25) is 13.3 Å². The molecular weight excluding hydrogens is 327 g/mol. The van der Waals surface area contributed by atoms with Crippen molar-refractivity contribution in [2.45, 2.75) is 72.6 Å². The average Bonchev–Trinajstić information content (AvgIpc) is 2.41. The molecule has 1 nitrogen and oxygen atoms in total. The van der Waals surface area contributed by atoms with E-state index in [-0.39, 0.29) is 0 Å². The van der Waals surface area contributed by atoms with Crippen LogP contribution in [0.15, 0.2) is 10.7 Å². The van der Waals surface area contributed by atoms with Gasteiger partial charge >= 0.3 is 120 Å². The normalized spacial score (nSPS) is 11.7. The number of ether oxygens (including phenoxy) is 1. The maximum atomic E-state index is 5.44. The molecule has 0 unspecified atom stereocenters. The number of hydrogen-bond acceptors (Lipinski definition) is 1. The Morgan fingerprint density at radius 3 is 1.89 bits per heavy atom. The molecule has 0 heterocycles. The van der Waals surface area contributed by atoms with Crippen molar-refractivity contribution in [1.82, 2.24) is 0 Å². The molecule has 0 aromatic carbocycles. The van der Waals surface area contributed by atoms with Crippen molar-refractivity contribution in [3.63, 3.8) is 0 Å². The standard InChI is InChI=1S/C6H13O.2C4H9.C2H3.Sn/c1-3-5-6-7-4-2;2*1-3-4-2;1-2;/h1,3-6H2,2H3;2*1,3-4H2,2H3;1H,2H2;. The molecule has 0 aliphatic rings. The van der Waals surface area contributed by atoms with Gasteiger partial charge in [0.2, 0.25) is 0 Å². The van der Waals surface area contributed by atoms with Crippen LogP contribution >= 0.6 is 0 Å². The van der Waals surface area contributed by atoms with Crippen LogP contribution in [-0.2, 0) is 4.74 Å². The maximum absolute atomic E-state index is 5.44. The Labute approximate surface area is 119 Å². The molecule has 0 spiro atoms. The van der Waals surface area contributed by atoms with Crippen LogP contribution < -0.4 is 0 Å². The van der Waals surface area contributed by atoms with Gasteiger partial charge in [-0.3, -0.25) is 0 Å². The summed E-state index contributed by atoms with van der Waals surface area (Å²) in [6.07, 6.45) is 8.16. The van der Waals surface area contributed by atoms with Crippen LogP contribution in [0.1, 0.15) is 59.3 Å². The summed E-state index contributed by atoms with van der Waals surface area (Å²) in [5.74, 6) is 0. The Kier molecular flexibility index (Phi) is 12.9. The fraction of sp³-hybridized carbons (Fsp3) is 0.875. The first-order valence-electron chi connectivity index (χ1n) is 7.96. The molecule has 0 bridgehead atoms. The van der Waals surface area contributed by atoms with Crippen molar-refractivity contribution in [3.05, 3.63) is 10.7 Å². The van der Waals surface area contributed by atoms with Crippen molar-refractivity contribution < 1.29 is 4.74 Å². The second-order valence-corrected chi connectivity index (χ2v) is 18.7. The number of rotatable bonds is 13. The van der Waals surface area contributed by atoms with Crippen molar-refractivity contribution in [3.8, 4) is 0 Å². The van der Waals surface area contributed by atoms with Gasteiger partial charge in [0, 0.05) is 0 Å². The van der Waals surface area contributed by atoms with Crippen molar-refractivity contribution in [1.29, 1.82) is 0 Å². The SMILES string of the molecule is C=[CH][Sn]([CH2]CCC)([CH2]CCC)[CH2]CCCOCC. The third-order valence-electron chi connectivity index (χ3n) is 3.91. The van der Waals surface area contributed by atoms with Gasteiger partial charge in [0.1, 0.15) is 0 Å². The minimum atomic E-state index is -1.96. The molecule has 0 fully saturated rings. The fourth-order valence-corrected chi connectivity index (χ4v) is 15.2. The minimum absolute atomic E-state index is 0.863. The molecule has 0 radical (unpaired) electrons. The molecule has 0 aliphatic carbocycles. The van der Waals surface area contributed by atoms with Gasteiger partial charge in [0.05, 0.1) is 0 Å². The monoisotopic (exact) mass is 362 g/mol. The summed E-state index contributed by atoms with van der Waals surface area (Å²) in [6, 6.07) is 0. The Balaban J connectivity index is 4.11. The molecule has 0 saturated heterocycles. The van der Waals surface area contributed by atoms with Crippen molar-refractivity contribution >= 4 is 18.4 Å². The summed E-state index contributed by atoms with van der Waals surface area (Å²) in [4.78, 5) is 0. The Bertz CT molecular complexity index is 184. The van der Waals surface area contributed by atoms with E-state index in [0.717, 1.165) is 13.2 Å². The van der Waals surface area contributed by atoms with E-state index in [2.05, 4.69) is 31.4 Å². The van der Waals surface area contributed by atoms with Crippen LogP contribution in [0.5, 0.6) is 0 Å².